The van der Waals surface area contributed by atoms with Crippen LogP contribution in [0, 0.1) is 15.9 Å². The second kappa shape index (κ2) is 6.09. The summed E-state index contributed by atoms with van der Waals surface area (Å²) in [7, 11) is 0. The van der Waals surface area contributed by atoms with E-state index >= 15 is 0 Å². The number of aromatic nitrogens is 2. The molecular formula is C12H12FN5O3. The van der Waals surface area contributed by atoms with Gasteiger partial charge in [0, 0.05) is 24.6 Å². The summed E-state index contributed by atoms with van der Waals surface area (Å²) in [6, 6.07) is 4.65. The third kappa shape index (κ3) is 3.39. The summed E-state index contributed by atoms with van der Waals surface area (Å²) < 4.78 is 18.9. The van der Waals surface area contributed by atoms with Crippen LogP contribution in [0.4, 0.5) is 15.9 Å². The van der Waals surface area contributed by atoms with Crippen molar-refractivity contribution in [3.05, 3.63) is 46.0 Å². The van der Waals surface area contributed by atoms with Crippen molar-refractivity contribution in [1.29, 1.82) is 0 Å². The van der Waals surface area contributed by atoms with Crippen LogP contribution in [0.15, 0.2) is 24.3 Å². The zero-order chi connectivity index (χ0) is 15.4. The van der Waals surface area contributed by atoms with E-state index in [1.54, 1.807) is 0 Å². The first-order chi connectivity index (χ1) is 10.0. The smallest absolute Gasteiger partial charge is 0.305 e. The van der Waals surface area contributed by atoms with E-state index < -0.39 is 16.4 Å². The number of benzene rings is 1. The molecule has 3 N–H and O–H groups in total. The van der Waals surface area contributed by atoms with E-state index in [4.69, 9.17) is 10.6 Å². The van der Waals surface area contributed by atoms with Crippen LogP contribution in [0.3, 0.4) is 0 Å². The first-order valence-corrected chi connectivity index (χ1v) is 6.00. The molecule has 0 radical (unpaired) electrons. The highest BCUT2D eigenvalue weighted by molar-refractivity contribution is 5.42. The molecule has 0 spiro atoms. The van der Waals surface area contributed by atoms with E-state index in [0.29, 0.717) is 18.1 Å². The quantitative estimate of drug-likeness (QED) is 0.493. The van der Waals surface area contributed by atoms with E-state index in [1.807, 2.05) is 6.92 Å². The third-order valence-corrected chi connectivity index (χ3v) is 2.55. The average molecular weight is 293 g/mol. The average Bonchev–Trinajstić information content (AvgIpc) is 2.46. The topological polar surface area (TPSA) is 116 Å². The van der Waals surface area contributed by atoms with Gasteiger partial charge in [0.25, 0.3) is 0 Å². The molecule has 0 aliphatic carbocycles. The first kappa shape index (κ1) is 14.6. The Kier molecular flexibility index (Phi) is 4.24. The molecule has 0 unspecified atom stereocenters. The normalized spacial score (nSPS) is 10.2. The largest absolute Gasteiger partial charge is 0.439 e. The van der Waals surface area contributed by atoms with Crippen LogP contribution in [-0.2, 0) is 6.42 Å². The molecule has 110 valence electrons. The van der Waals surface area contributed by atoms with Gasteiger partial charge in [0.2, 0.25) is 11.7 Å². The van der Waals surface area contributed by atoms with Crippen molar-refractivity contribution in [2.45, 2.75) is 13.3 Å². The van der Waals surface area contributed by atoms with E-state index in [9.17, 15) is 14.5 Å². The van der Waals surface area contributed by atoms with Crippen molar-refractivity contribution in [2.75, 3.05) is 5.43 Å². The Morgan fingerprint density at radius 2 is 2.19 bits per heavy atom. The Hall–Kier alpha value is -2.81. The maximum atomic E-state index is 13.5. The molecular weight excluding hydrogens is 281 g/mol. The molecule has 0 fully saturated rings. The summed E-state index contributed by atoms with van der Waals surface area (Å²) in [4.78, 5) is 17.9. The summed E-state index contributed by atoms with van der Waals surface area (Å²) >= 11 is 0. The van der Waals surface area contributed by atoms with Crippen molar-refractivity contribution in [1.82, 2.24) is 9.97 Å². The lowest BCUT2D eigenvalue weighted by atomic mass is 10.3. The molecule has 9 heteroatoms. The molecule has 1 aromatic carbocycles. The van der Waals surface area contributed by atoms with Crippen LogP contribution in [0.25, 0.3) is 0 Å². The number of ether oxygens (including phenoxy) is 1. The Morgan fingerprint density at radius 3 is 2.76 bits per heavy atom. The van der Waals surface area contributed by atoms with Crippen LogP contribution in [0.5, 0.6) is 11.6 Å². The monoisotopic (exact) mass is 293 g/mol. The number of anilines is 1. The maximum Gasteiger partial charge on any atom is 0.305 e. The molecule has 0 atom stereocenters. The molecule has 0 saturated heterocycles. The predicted molar refractivity (Wildman–Crippen MR) is 72.3 cm³/mol. The second-order valence-electron chi connectivity index (χ2n) is 3.98. The number of nitrogen functional groups attached to an aromatic ring is 1. The molecule has 0 saturated carbocycles. The fraction of sp³-hybridized carbons (Fsp3) is 0.167. The molecule has 8 nitrogen and oxygen atoms in total. The molecule has 0 aliphatic rings. The molecule has 2 rings (SSSR count). The maximum absolute atomic E-state index is 13.5. The zero-order valence-electron chi connectivity index (χ0n) is 11.0. The van der Waals surface area contributed by atoms with Gasteiger partial charge in [-0.1, -0.05) is 6.92 Å². The lowest BCUT2D eigenvalue weighted by Crippen LogP contribution is -2.10. The number of hydrogen-bond acceptors (Lipinski definition) is 7. The van der Waals surface area contributed by atoms with E-state index in [1.165, 1.54) is 12.1 Å². The minimum absolute atomic E-state index is 0.0850. The van der Waals surface area contributed by atoms with E-state index in [2.05, 4.69) is 15.4 Å². The molecule has 2 aromatic rings. The standard InChI is InChI=1S/C12H12FN5O3/c1-2-10-15-11(17-14)6-12(16-10)21-7-3-4-9(18(19)20)8(13)5-7/h3-6H,2,14H2,1H3,(H,15,16,17). The van der Waals surface area contributed by atoms with Gasteiger partial charge in [-0.3, -0.25) is 10.1 Å². The van der Waals surface area contributed by atoms with Crippen LogP contribution in [0.2, 0.25) is 0 Å². The molecule has 1 heterocycles. The number of nitrogens with zero attached hydrogens (tertiary/aromatic N) is 3. The number of rotatable bonds is 5. The zero-order valence-corrected chi connectivity index (χ0v) is 11.0. The summed E-state index contributed by atoms with van der Waals surface area (Å²) in [5.74, 6) is 5.37. The highest BCUT2D eigenvalue weighted by atomic mass is 19.1. The van der Waals surface area contributed by atoms with E-state index in [-0.39, 0.29) is 11.6 Å². The van der Waals surface area contributed by atoms with Crippen LogP contribution in [-0.4, -0.2) is 14.9 Å². The van der Waals surface area contributed by atoms with Gasteiger partial charge in [-0.2, -0.15) is 9.37 Å². The Balaban J connectivity index is 2.29. The minimum atomic E-state index is -0.987. The number of nitrogens with two attached hydrogens (primary N) is 1. The number of hydrogen-bond donors (Lipinski definition) is 2. The minimum Gasteiger partial charge on any atom is -0.439 e. The van der Waals surface area contributed by atoms with Gasteiger partial charge in [-0.15, -0.1) is 0 Å². The number of hydrazine groups is 1. The fourth-order valence-electron chi connectivity index (χ4n) is 1.58. The van der Waals surface area contributed by atoms with Crippen molar-refractivity contribution in [3.63, 3.8) is 0 Å². The van der Waals surface area contributed by atoms with Crippen LogP contribution < -0.4 is 16.0 Å². The van der Waals surface area contributed by atoms with Gasteiger partial charge in [-0.05, 0) is 6.07 Å². The van der Waals surface area contributed by atoms with Crippen LogP contribution >= 0.6 is 0 Å². The lowest BCUT2D eigenvalue weighted by Gasteiger charge is -2.08. The summed E-state index contributed by atoms with van der Waals surface area (Å²) in [5, 5.41) is 10.5. The highest BCUT2D eigenvalue weighted by Crippen LogP contribution is 2.26. The Labute approximate surface area is 118 Å². The number of aryl methyl sites for hydroxylation is 1. The summed E-state index contributed by atoms with van der Waals surface area (Å²) in [6.45, 7) is 1.85. The summed E-state index contributed by atoms with van der Waals surface area (Å²) in [6.07, 6.45) is 0.556. The number of nitrogens with one attached hydrogen (secondary N) is 1. The van der Waals surface area contributed by atoms with Gasteiger partial charge < -0.3 is 10.2 Å². The van der Waals surface area contributed by atoms with Crippen LogP contribution in [0.1, 0.15) is 12.7 Å². The number of nitro groups is 1. The lowest BCUT2D eigenvalue weighted by molar-refractivity contribution is -0.387. The van der Waals surface area contributed by atoms with Gasteiger partial charge in [0.15, 0.2) is 0 Å². The van der Waals surface area contributed by atoms with Crippen molar-refractivity contribution >= 4 is 11.5 Å². The molecule has 0 bridgehead atoms. The highest BCUT2D eigenvalue weighted by Gasteiger charge is 2.15. The van der Waals surface area contributed by atoms with E-state index in [0.717, 1.165) is 12.1 Å². The Bertz CT molecular complexity index is 658. The van der Waals surface area contributed by atoms with Crippen molar-refractivity contribution in [3.8, 4) is 11.6 Å². The molecule has 0 amide bonds. The van der Waals surface area contributed by atoms with Gasteiger partial charge >= 0.3 is 5.69 Å². The molecule has 0 aliphatic heterocycles. The van der Waals surface area contributed by atoms with Crippen molar-refractivity contribution in [2.24, 2.45) is 5.84 Å². The second-order valence-corrected chi connectivity index (χ2v) is 3.98. The summed E-state index contributed by atoms with van der Waals surface area (Å²) in [5.41, 5.74) is 1.75. The SMILES string of the molecule is CCc1nc(NN)cc(Oc2ccc([N+](=O)[O-])c(F)c2)n1. The van der Waals surface area contributed by atoms with Gasteiger partial charge in [0.1, 0.15) is 17.4 Å². The molecule has 1 aromatic heterocycles. The van der Waals surface area contributed by atoms with Crippen molar-refractivity contribution < 1.29 is 14.1 Å². The third-order valence-electron chi connectivity index (χ3n) is 2.55. The first-order valence-electron chi connectivity index (χ1n) is 6.00. The molecule has 21 heavy (non-hydrogen) atoms. The fourth-order valence-corrected chi connectivity index (χ4v) is 1.58. The Morgan fingerprint density at radius 1 is 1.43 bits per heavy atom. The number of halogens is 1. The van der Waals surface area contributed by atoms with Gasteiger partial charge in [-0.25, -0.2) is 10.8 Å². The van der Waals surface area contributed by atoms with Gasteiger partial charge in [0.05, 0.1) is 4.92 Å². The number of nitro benzene ring substituents is 1. The predicted octanol–water partition coefficient (Wildman–Crippen LogP) is 2.16.